The van der Waals surface area contributed by atoms with Crippen LogP contribution in [0.15, 0.2) is 16.6 Å². The lowest BCUT2D eigenvalue weighted by atomic mass is 10.2. The van der Waals surface area contributed by atoms with Crippen LogP contribution in [0, 0.1) is 15.9 Å². The van der Waals surface area contributed by atoms with Crippen molar-refractivity contribution in [2.24, 2.45) is 0 Å². The van der Waals surface area contributed by atoms with Crippen molar-refractivity contribution in [2.45, 2.75) is 13.0 Å². The van der Waals surface area contributed by atoms with E-state index in [2.05, 4.69) is 21.2 Å². The van der Waals surface area contributed by atoms with Crippen LogP contribution in [-0.2, 0) is 0 Å². The number of hydrogen-bond donors (Lipinski definition) is 2. The average molecular weight is 293 g/mol. The van der Waals surface area contributed by atoms with E-state index in [4.69, 9.17) is 5.11 Å². The van der Waals surface area contributed by atoms with Crippen LogP contribution >= 0.6 is 15.9 Å². The summed E-state index contributed by atoms with van der Waals surface area (Å²) < 4.78 is 13.2. The van der Waals surface area contributed by atoms with Crippen LogP contribution in [0.2, 0.25) is 0 Å². The van der Waals surface area contributed by atoms with Crippen LogP contribution in [0.3, 0.4) is 0 Å². The SMILES string of the molecule is CC(O)CNc1cc(F)c(Br)cc1[N+](=O)[O-]. The van der Waals surface area contributed by atoms with E-state index in [1.807, 2.05) is 0 Å². The van der Waals surface area contributed by atoms with Crippen molar-refractivity contribution >= 4 is 27.3 Å². The van der Waals surface area contributed by atoms with E-state index in [0.717, 1.165) is 12.1 Å². The minimum atomic E-state index is -0.675. The van der Waals surface area contributed by atoms with Crippen LogP contribution in [0.1, 0.15) is 6.92 Å². The number of aliphatic hydroxyl groups excluding tert-OH is 1. The van der Waals surface area contributed by atoms with E-state index < -0.39 is 16.8 Å². The largest absolute Gasteiger partial charge is 0.392 e. The molecule has 0 aliphatic carbocycles. The van der Waals surface area contributed by atoms with E-state index in [9.17, 15) is 14.5 Å². The maximum Gasteiger partial charge on any atom is 0.293 e. The Balaban J connectivity index is 3.05. The fourth-order valence-electron chi connectivity index (χ4n) is 1.09. The Morgan fingerprint density at radius 2 is 2.31 bits per heavy atom. The maximum absolute atomic E-state index is 13.2. The fraction of sp³-hybridized carbons (Fsp3) is 0.333. The van der Waals surface area contributed by atoms with Gasteiger partial charge in [0.2, 0.25) is 0 Å². The summed E-state index contributed by atoms with van der Waals surface area (Å²) in [4.78, 5) is 10.1. The van der Waals surface area contributed by atoms with Gasteiger partial charge in [-0.1, -0.05) is 0 Å². The van der Waals surface area contributed by atoms with Gasteiger partial charge >= 0.3 is 0 Å². The Bertz CT molecular complexity index is 412. The lowest BCUT2D eigenvalue weighted by molar-refractivity contribution is -0.384. The molecule has 0 fully saturated rings. The van der Waals surface area contributed by atoms with Crippen LogP contribution in [0.5, 0.6) is 0 Å². The standard InChI is InChI=1S/C9H10BrFN2O3/c1-5(14)4-12-8-3-7(11)6(10)2-9(8)13(15)16/h2-3,5,12,14H,4H2,1H3. The summed E-state index contributed by atoms with van der Waals surface area (Å²) >= 11 is 2.87. The molecule has 1 aromatic rings. The summed E-state index contributed by atoms with van der Waals surface area (Å²) in [5.74, 6) is -0.598. The minimum absolute atomic E-state index is 0.0294. The van der Waals surface area contributed by atoms with Crippen molar-refractivity contribution in [3.8, 4) is 0 Å². The molecule has 0 amide bonds. The van der Waals surface area contributed by atoms with E-state index in [-0.39, 0.29) is 22.4 Å². The first kappa shape index (κ1) is 12.9. The molecule has 2 N–H and O–H groups in total. The normalized spacial score (nSPS) is 12.2. The highest BCUT2D eigenvalue weighted by Gasteiger charge is 2.17. The molecular formula is C9H10BrFN2O3. The van der Waals surface area contributed by atoms with Crippen LogP contribution in [0.4, 0.5) is 15.8 Å². The predicted molar refractivity (Wildman–Crippen MR) is 60.9 cm³/mol. The summed E-state index contributed by atoms with van der Waals surface area (Å²) in [6, 6.07) is 2.10. The Morgan fingerprint density at radius 3 is 2.81 bits per heavy atom. The first-order valence-corrected chi connectivity index (χ1v) is 5.26. The number of hydrogen-bond acceptors (Lipinski definition) is 4. The van der Waals surface area contributed by atoms with Gasteiger partial charge in [-0.3, -0.25) is 10.1 Å². The Morgan fingerprint density at radius 1 is 1.69 bits per heavy atom. The van der Waals surface area contributed by atoms with Gasteiger partial charge in [0, 0.05) is 18.7 Å². The second-order valence-electron chi connectivity index (χ2n) is 3.27. The van der Waals surface area contributed by atoms with Gasteiger partial charge < -0.3 is 10.4 Å². The number of nitro benzene ring substituents is 1. The molecule has 5 nitrogen and oxygen atoms in total. The van der Waals surface area contributed by atoms with Crippen LogP contribution in [0.25, 0.3) is 0 Å². The summed E-state index contributed by atoms with van der Waals surface area (Å²) in [6.07, 6.45) is -0.675. The number of rotatable bonds is 4. The minimum Gasteiger partial charge on any atom is -0.392 e. The highest BCUT2D eigenvalue weighted by Crippen LogP contribution is 2.30. The smallest absolute Gasteiger partial charge is 0.293 e. The van der Waals surface area contributed by atoms with Crippen molar-refractivity contribution in [1.29, 1.82) is 0 Å². The first-order valence-electron chi connectivity index (χ1n) is 4.47. The Kier molecular flexibility index (Phi) is 4.19. The number of nitrogens with one attached hydrogen (secondary N) is 1. The zero-order valence-electron chi connectivity index (χ0n) is 8.41. The molecule has 0 heterocycles. The first-order chi connectivity index (χ1) is 7.41. The highest BCUT2D eigenvalue weighted by atomic mass is 79.9. The van der Waals surface area contributed by atoms with Crippen molar-refractivity contribution in [3.63, 3.8) is 0 Å². The van der Waals surface area contributed by atoms with Gasteiger partial charge in [-0.15, -0.1) is 0 Å². The second-order valence-corrected chi connectivity index (χ2v) is 4.12. The third kappa shape index (κ3) is 3.14. The molecule has 0 spiro atoms. The Hall–Kier alpha value is -1.21. The maximum atomic E-state index is 13.2. The number of aliphatic hydroxyl groups is 1. The van der Waals surface area contributed by atoms with Crippen molar-refractivity contribution < 1.29 is 14.4 Å². The predicted octanol–water partition coefficient (Wildman–Crippen LogP) is 2.29. The zero-order chi connectivity index (χ0) is 12.3. The van der Waals surface area contributed by atoms with E-state index >= 15 is 0 Å². The van der Waals surface area contributed by atoms with Crippen molar-refractivity contribution in [3.05, 3.63) is 32.5 Å². The number of benzene rings is 1. The third-order valence-corrected chi connectivity index (χ3v) is 2.43. The molecule has 1 atom stereocenters. The molecule has 0 saturated heterocycles. The van der Waals surface area contributed by atoms with E-state index in [0.29, 0.717) is 0 Å². The summed E-state index contributed by atoms with van der Waals surface area (Å²) in [7, 11) is 0. The molecule has 16 heavy (non-hydrogen) atoms. The molecule has 88 valence electrons. The van der Waals surface area contributed by atoms with Gasteiger partial charge in [-0.05, 0) is 22.9 Å². The number of anilines is 1. The third-order valence-electron chi connectivity index (χ3n) is 1.82. The average Bonchev–Trinajstić information content (AvgIpc) is 2.18. The van der Waals surface area contributed by atoms with Gasteiger partial charge in [-0.2, -0.15) is 0 Å². The molecule has 7 heteroatoms. The topological polar surface area (TPSA) is 75.4 Å². The number of nitro groups is 1. The van der Waals surface area contributed by atoms with Gasteiger partial charge in [0.1, 0.15) is 11.5 Å². The molecule has 0 aliphatic heterocycles. The van der Waals surface area contributed by atoms with E-state index in [1.54, 1.807) is 0 Å². The number of nitrogens with zero attached hydrogens (tertiary/aromatic N) is 1. The monoisotopic (exact) mass is 292 g/mol. The summed E-state index contributed by atoms with van der Waals surface area (Å²) in [6.45, 7) is 1.63. The lowest BCUT2D eigenvalue weighted by Gasteiger charge is -2.09. The van der Waals surface area contributed by atoms with E-state index in [1.165, 1.54) is 6.92 Å². The molecule has 0 radical (unpaired) electrons. The van der Waals surface area contributed by atoms with Gasteiger partial charge in [0.25, 0.3) is 5.69 Å². The molecule has 1 aromatic carbocycles. The lowest BCUT2D eigenvalue weighted by Crippen LogP contribution is -2.16. The number of halogens is 2. The highest BCUT2D eigenvalue weighted by molar-refractivity contribution is 9.10. The second kappa shape index (κ2) is 5.22. The quantitative estimate of drug-likeness (QED) is 0.659. The van der Waals surface area contributed by atoms with Gasteiger partial charge in [0.05, 0.1) is 15.5 Å². The Labute approximate surface area is 99.6 Å². The zero-order valence-corrected chi connectivity index (χ0v) is 9.99. The molecule has 0 saturated carbocycles. The molecule has 0 aromatic heterocycles. The van der Waals surface area contributed by atoms with Crippen molar-refractivity contribution in [2.75, 3.05) is 11.9 Å². The summed E-state index contributed by atoms with van der Waals surface area (Å²) in [5, 5.41) is 22.3. The molecule has 1 unspecified atom stereocenters. The fourth-order valence-corrected chi connectivity index (χ4v) is 1.42. The van der Waals surface area contributed by atoms with Gasteiger partial charge in [0.15, 0.2) is 0 Å². The van der Waals surface area contributed by atoms with Crippen molar-refractivity contribution in [1.82, 2.24) is 0 Å². The molecular weight excluding hydrogens is 283 g/mol. The molecule has 0 aliphatic rings. The van der Waals surface area contributed by atoms with Crippen LogP contribution < -0.4 is 5.32 Å². The molecule has 0 bridgehead atoms. The molecule has 1 rings (SSSR count). The van der Waals surface area contributed by atoms with Gasteiger partial charge in [-0.25, -0.2) is 4.39 Å². The summed E-state index contributed by atoms with van der Waals surface area (Å²) in [5.41, 5.74) is -0.194. The van der Waals surface area contributed by atoms with Crippen LogP contribution in [-0.4, -0.2) is 22.7 Å².